The lowest BCUT2D eigenvalue weighted by Crippen LogP contribution is -2.11. The van der Waals surface area contributed by atoms with Crippen LogP contribution in [0.15, 0.2) is 24.3 Å². The highest BCUT2D eigenvalue weighted by Gasteiger charge is 2.21. The monoisotopic (exact) mass is 305 g/mol. The van der Waals surface area contributed by atoms with E-state index in [1.807, 2.05) is 6.07 Å². The van der Waals surface area contributed by atoms with Gasteiger partial charge in [-0.05, 0) is 18.1 Å². The molecule has 0 heterocycles. The summed E-state index contributed by atoms with van der Waals surface area (Å²) in [4.78, 5) is 12.2. The molecule has 1 unspecified atom stereocenters. The van der Waals surface area contributed by atoms with Gasteiger partial charge in [-0.1, -0.05) is 75.2 Å². The summed E-state index contributed by atoms with van der Waals surface area (Å²) in [5.41, 5.74) is 0.634. The third-order valence-corrected chi connectivity index (χ3v) is 4.04. The van der Waals surface area contributed by atoms with Gasteiger partial charge in [0.2, 0.25) is 0 Å². The summed E-state index contributed by atoms with van der Waals surface area (Å²) in [5.74, 6) is -0.738. The lowest BCUT2D eigenvalue weighted by molar-refractivity contribution is -0.119. The Morgan fingerprint density at radius 3 is 2.38 bits per heavy atom. The molecule has 0 radical (unpaired) electrons. The molecule has 0 fully saturated rings. The molecule has 21 heavy (non-hydrogen) atoms. The molecule has 114 valence electrons. The smallest absolute Gasteiger partial charge is 0.154 e. The summed E-state index contributed by atoms with van der Waals surface area (Å²) in [6, 6.07) is 9.20. The predicted octanol–water partition coefficient (Wildman–Crippen LogP) is 5.66. The summed E-state index contributed by atoms with van der Waals surface area (Å²) in [6.45, 7) is 2.20. The number of benzene rings is 1. The molecule has 0 aliphatic carbocycles. The van der Waals surface area contributed by atoms with Crippen LogP contribution < -0.4 is 0 Å². The van der Waals surface area contributed by atoms with Crippen LogP contribution in [0.25, 0.3) is 0 Å². The molecule has 0 aliphatic rings. The fraction of sp³-hybridized carbons (Fsp3) is 0.556. The van der Waals surface area contributed by atoms with Crippen molar-refractivity contribution in [3.05, 3.63) is 34.9 Å². The molecule has 0 amide bonds. The molecular formula is C18H24ClNO. The summed E-state index contributed by atoms with van der Waals surface area (Å²) < 4.78 is 0. The molecule has 1 aromatic carbocycles. The van der Waals surface area contributed by atoms with Crippen LogP contribution in [-0.2, 0) is 4.79 Å². The first kappa shape index (κ1) is 17.7. The van der Waals surface area contributed by atoms with Gasteiger partial charge in [0.15, 0.2) is 5.78 Å². The van der Waals surface area contributed by atoms with Gasteiger partial charge in [0, 0.05) is 11.4 Å². The van der Waals surface area contributed by atoms with Gasteiger partial charge < -0.3 is 0 Å². The maximum atomic E-state index is 12.2. The number of rotatable bonds is 10. The van der Waals surface area contributed by atoms with Crippen molar-refractivity contribution in [1.29, 1.82) is 5.26 Å². The van der Waals surface area contributed by atoms with Gasteiger partial charge in [-0.15, -0.1) is 0 Å². The van der Waals surface area contributed by atoms with Crippen LogP contribution in [0.1, 0.15) is 69.8 Å². The molecule has 1 atom stereocenters. The summed E-state index contributed by atoms with van der Waals surface area (Å²) in [5, 5.41) is 9.74. The van der Waals surface area contributed by atoms with Crippen molar-refractivity contribution in [1.82, 2.24) is 0 Å². The van der Waals surface area contributed by atoms with Crippen LogP contribution in [0.2, 0.25) is 5.02 Å². The minimum Gasteiger partial charge on any atom is -0.298 e. The molecule has 0 spiro atoms. The quantitative estimate of drug-likeness (QED) is 0.523. The standard InChI is InChI=1S/C18H24ClNO/c1-2-3-4-5-6-7-8-13-18(21)16(14-20)15-11-9-10-12-17(15)19/h9-12,16H,2-8,13H2,1H3. The van der Waals surface area contributed by atoms with Gasteiger partial charge in [-0.2, -0.15) is 5.26 Å². The summed E-state index contributed by atoms with van der Waals surface area (Å²) >= 11 is 6.07. The Labute approximate surface area is 133 Å². The Bertz CT molecular complexity index is 478. The topological polar surface area (TPSA) is 40.9 Å². The number of halogens is 1. The first-order chi connectivity index (χ1) is 10.2. The van der Waals surface area contributed by atoms with E-state index in [0.717, 1.165) is 12.8 Å². The van der Waals surface area contributed by atoms with Crippen molar-refractivity contribution in [2.75, 3.05) is 0 Å². The zero-order valence-electron chi connectivity index (χ0n) is 12.8. The normalized spacial score (nSPS) is 11.9. The van der Waals surface area contributed by atoms with Gasteiger partial charge in [-0.3, -0.25) is 4.79 Å². The molecule has 2 nitrogen and oxygen atoms in total. The van der Waals surface area contributed by atoms with Gasteiger partial charge in [0.05, 0.1) is 6.07 Å². The maximum Gasteiger partial charge on any atom is 0.154 e. The first-order valence-electron chi connectivity index (χ1n) is 7.87. The number of nitriles is 1. The predicted molar refractivity (Wildman–Crippen MR) is 87.4 cm³/mol. The van der Waals surface area contributed by atoms with E-state index in [1.54, 1.807) is 18.2 Å². The van der Waals surface area contributed by atoms with Crippen molar-refractivity contribution < 1.29 is 4.79 Å². The van der Waals surface area contributed by atoms with Crippen molar-refractivity contribution in [2.45, 2.75) is 64.2 Å². The highest BCUT2D eigenvalue weighted by atomic mass is 35.5. The number of Topliss-reactive ketones (excluding diaryl/α,β-unsaturated/α-hetero) is 1. The Balaban J connectivity index is 2.37. The molecule has 1 aromatic rings. The number of hydrogen-bond acceptors (Lipinski definition) is 2. The lowest BCUT2D eigenvalue weighted by atomic mass is 9.93. The average molecular weight is 306 g/mol. The van der Waals surface area contributed by atoms with E-state index in [1.165, 1.54) is 32.1 Å². The SMILES string of the molecule is CCCCCCCCCC(=O)C(C#N)c1ccccc1Cl. The zero-order chi connectivity index (χ0) is 15.5. The number of carbonyl (C=O) groups is 1. The second-order valence-corrected chi connectivity index (χ2v) is 5.83. The molecule has 0 N–H and O–H groups in total. The molecule has 0 saturated heterocycles. The fourth-order valence-electron chi connectivity index (χ4n) is 2.42. The van der Waals surface area contributed by atoms with E-state index in [4.69, 9.17) is 11.6 Å². The van der Waals surface area contributed by atoms with Crippen molar-refractivity contribution in [3.8, 4) is 6.07 Å². The van der Waals surface area contributed by atoms with Crippen LogP contribution in [-0.4, -0.2) is 5.78 Å². The van der Waals surface area contributed by atoms with E-state index < -0.39 is 5.92 Å². The highest BCUT2D eigenvalue weighted by molar-refractivity contribution is 6.31. The van der Waals surface area contributed by atoms with Crippen molar-refractivity contribution >= 4 is 17.4 Å². The molecular weight excluding hydrogens is 282 g/mol. The molecule has 1 rings (SSSR count). The number of unbranched alkanes of at least 4 members (excludes halogenated alkanes) is 6. The van der Waals surface area contributed by atoms with E-state index in [-0.39, 0.29) is 5.78 Å². The number of ketones is 1. The molecule has 3 heteroatoms. The van der Waals surface area contributed by atoms with Crippen LogP contribution >= 0.6 is 11.6 Å². The summed E-state index contributed by atoms with van der Waals surface area (Å²) in [6.07, 6.45) is 8.65. The average Bonchev–Trinajstić information content (AvgIpc) is 2.49. The minimum absolute atomic E-state index is 0.0147. The van der Waals surface area contributed by atoms with Crippen LogP contribution in [0, 0.1) is 11.3 Å². The molecule has 0 bridgehead atoms. The molecule has 0 aliphatic heterocycles. The van der Waals surface area contributed by atoms with E-state index in [2.05, 4.69) is 13.0 Å². The Kier molecular flexibility index (Phi) is 8.78. The Morgan fingerprint density at radius 2 is 1.76 bits per heavy atom. The third-order valence-electron chi connectivity index (χ3n) is 3.69. The van der Waals surface area contributed by atoms with Crippen LogP contribution in [0.5, 0.6) is 0 Å². The van der Waals surface area contributed by atoms with Crippen molar-refractivity contribution in [2.24, 2.45) is 0 Å². The molecule has 0 saturated carbocycles. The number of carbonyl (C=O) groups excluding carboxylic acids is 1. The van der Waals surface area contributed by atoms with E-state index in [0.29, 0.717) is 17.0 Å². The second-order valence-electron chi connectivity index (χ2n) is 5.42. The minimum atomic E-state index is -0.723. The fourth-order valence-corrected chi connectivity index (χ4v) is 2.67. The first-order valence-corrected chi connectivity index (χ1v) is 8.25. The van der Waals surface area contributed by atoms with Gasteiger partial charge >= 0.3 is 0 Å². The van der Waals surface area contributed by atoms with Crippen LogP contribution in [0.3, 0.4) is 0 Å². The van der Waals surface area contributed by atoms with Gasteiger partial charge in [-0.25, -0.2) is 0 Å². The van der Waals surface area contributed by atoms with Crippen molar-refractivity contribution in [3.63, 3.8) is 0 Å². The molecule has 0 aromatic heterocycles. The Hall–Kier alpha value is -1.33. The number of hydrogen-bond donors (Lipinski definition) is 0. The van der Waals surface area contributed by atoms with Gasteiger partial charge in [0.1, 0.15) is 5.92 Å². The number of nitrogens with zero attached hydrogens (tertiary/aromatic N) is 1. The second kappa shape index (κ2) is 10.4. The highest BCUT2D eigenvalue weighted by Crippen LogP contribution is 2.26. The van der Waals surface area contributed by atoms with E-state index in [9.17, 15) is 10.1 Å². The zero-order valence-corrected chi connectivity index (χ0v) is 13.5. The maximum absolute atomic E-state index is 12.2. The Morgan fingerprint density at radius 1 is 1.14 bits per heavy atom. The largest absolute Gasteiger partial charge is 0.298 e. The van der Waals surface area contributed by atoms with E-state index >= 15 is 0 Å². The summed E-state index contributed by atoms with van der Waals surface area (Å²) in [7, 11) is 0. The van der Waals surface area contributed by atoms with Gasteiger partial charge in [0.25, 0.3) is 0 Å². The lowest BCUT2D eigenvalue weighted by Gasteiger charge is -2.10. The third kappa shape index (κ3) is 6.31. The van der Waals surface area contributed by atoms with Crippen LogP contribution in [0.4, 0.5) is 0 Å².